The maximum atomic E-state index is 12.9. The van der Waals surface area contributed by atoms with Crippen molar-refractivity contribution in [3.63, 3.8) is 0 Å². The fourth-order valence-corrected chi connectivity index (χ4v) is 4.10. The molecule has 0 spiro atoms. The third-order valence-corrected chi connectivity index (χ3v) is 5.05. The summed E-state index contributed by atoms with van der Waals surface area (Å²) in [6.07, 6.45) is 0.774. The molecular formula is C17H24O5S. The third kappa shape index (κ3) is 3.65. The SMILES string of the molecule is CCOC(=O)c1sc(C)c2c1CCC(C(OCC)OCC)C2=O. The van der Waals surface area contributed by atoms with Crippen molar-refractivity contribution >= 4 is 23.1 Å². The summed E-state index contributed by atoms with van der Waals surface area (Å²) < 4.78 is 16.3. The number of thiophene rings is 1. The van der Waals surface area contributed by atoms with E-state index >= 15 is 0 Å². The Morgan fingerprint density at radius 2 is 1.87 bits per heavy atom. The van der Waals surface area contributed by atoms with Gasteiger partial charge in [0.1, 0.15) is 4.88 Å². The molecule has 0 aliphatic heterocycles. The molecule has 6 heteroatoms. The second-order valence-corrected chi connectivity index (χ2v) is 6.57. The molecule has 2 rings (SSSR count). The van der Waals surface area contributed by atoms with Crippen molar-refractivity contribution in [2.75, 3.05) is 19.8 Å². The Morgan fingerprint density at radius 1 is 1.22 bits per heavy atom. The Kier molecular flexibility index (Phi) is 6.33. The van der Waals surface area contributed by atoms with Crippen LogP contribution in [0.15, 0.2) is 0 Å². The van der Waals surface area contributed by atoms with Crippen molar-refractivity contribution in [3.05, 3.63) is 20.9 Å². The summed E-state index contributed by atoms with van der Waals surface area (Å²) in [4.78, 5) is 26.4. The van der Waals surface area contributed by atoms with Gasteiger partial charge in [0.2, 0.25) is 0 Å². The van der Waals surface area contributed by atoms with Crippen LogP contribution in [0.3, 0.4) is 0 Å². The average molecular weight is 340 g/mol. The minimum atomic E-state index is -0.518. The van der Waals surface area contributed by atoms with E-state index in [0.717, 1.165) is 10.4 Å². The summed E-state index contributed by atoms with van der Waals surface area (Å²) in [6, 6.07) is 0. The first-order chi connectivity index (χ1) is 11.0. The molecule has 128 valence electrons. The van der Waals surface area contributed by atoms with Gasteiger partial charge in [-0.1, -0.05) is 0 Å². The van der Waals surface area contributed by atoms with Crippen molar-refractivity contribution < 1.29 is 23.8 Å². The lowest BCUT2D eigenvalue weighted by Crippen LogP contribution is -2.36. The molecule has 1 aliphatic carbocycles. The van der Waals surface area contributed by atoms with Crippen LogP contribution >= 0.6 is 11.3 Å². The second-order valence-electron chi connectivity index (χ2n) is 5.35. The Labute approximate surface area is 140 Å². The summed E-state index contributed by atoms with van der Waals surface area (Å²) >= 11 is 1.35. The summed E-state index contributed by atoms with van der Waals surface area (Å²) in [5, 5.41) is 0. The second kappa shape index (κ2) is 8.04. The maximum Gasteiger partial charge on any atom is 0.348 e. The predicted molar refractivity (Wildman–Crippen MR) is 88.2 cm³/mol. The van der Waals surface area contributed by atoms with E-state index in [4.69, 9.17) is 14.2 Å². The number of carbonyl (C=O) groups excluding carboxylic acids is 2. The van der Waals surface area contributed by atoms with E-state index in [1.165, 1.54) is 11.3 Å². The summed E-state index contributed by atoms with van der Waals surface area (Å²) in [7, 11) is 0. The van der Waals surface area contributed by atoms with Crippen molar-refractivity contribution in [1.82, 2.24) is 0 Å². The third-order valence-electron chi connectivity index (χ3n) is 3.92. The van der Waals surface area contributed by atoms with Crippen LogP contribution in [0.5, 0.6) is 0 Å². The van der Waals surface area contributed by atoms with Gasteiger partial charge < -0.3 is 14.2 Å². The van der Waals surface area contributed by atoms with Gasteiger partial charge in [0.25, 0.3) is 0 Å². The van der Waals surface area contributed by atoms with Crippen LogP contribution in [0.2, 0.25) is 0 Å². The molecule has 1 unspecified atom stereocenters. The zero-order valence-electron chi connectivity index (χ0n) is 14.1. The number of ether oxygens (including phenoxy) is 3. The Bertz CT molecular complexity index is 572. The van der Waals surface area contributed by atoms with Gasteiger partial charge in [-0.2, -0.15) is 0 Å². The molecule has 1 aromatic heterocycles. The molecule has 0 saturated heterocycles. The molecule has 1 aliphatic rings. The topological polar surface area (TPSA) is 61.8 Å². The molecule has 23 heavy (non-hydrogen) atoms. The van der Waals surface area contributed by atoms with Gasteiger partial charge in [-0.15, -0.1) is 11.3 Å². The van der Waals surface area contributed by atoms with Gasteiger partial charge in [0.15, 0.2) is 12.1 Å². The number of ketones is 1. The lowest BCUT2D eigenvalue weighted by molar-refractivity contribution is -0.158. The van der Waals surface area contributed by atoms with E-state index in [1.54, 1.807) is 6.92 Å². The minimum Gasteiger partial charge on any atom is -0.462 e. The Balaban J connectivity index is 2.31. The zero-order valence-corrected chi connectivity index (χ0v) is 15.0. The molecule has 0 aromatic carbocycles. The largest absolute Gasteiger partial charge is 0.462 e. The normalized spacial score (nSPS) is 17.4. The zero-order chi connectivity index (χ0) is 17.0. The Morgan fingerprint density at radius 3 is 2.43 bits per heavy atom. The number of hydrogen-bond donors (Lipinski definition) is 0. The van der Waals surface area contributed by atoms with Gasteiger partial charge >= 0.3 is 5.97 Å². The van der Waals surface area contributed by atoms with Gasteiger partial charge in [-0.25, -0.2) is 4.79 Å². The number of esters is 1. The molecule has 0 saturated carbocycles. The van der Waals surface area contributed by atoms with Gasteiger partial charge in [-0.05, 0) is 46.1 Å². The lowest BCUT2D eigenvalue weighted by Gasteiger charge is -2.29. The molecule has 1 atom stereocenters. The van der Waals surface area contributed by atoms with Crippen LogP contribution < -0.4 is 0 Å². The van der Waals surface area contributed by atoms with E-state index < -0.39 is 6.29 Å². The first kappa shape index (κ1) is 18.1. The molecular weight excluding hydrogens is 316 g/mol. The molecule has 1 heterocycles. The monoisotopic (exact) mass is 340 g/mol. The summed E-state index contributed by atoms with van der Waals surface area (Å²) in [5.41, 5.74) is 1.50. The molecule has 0 bridgehead atoms. The molecule has 0 N–H and O–H groups in total. The van der Waals surface area contributed by atoms with Crippen LogP contribution in [-0.4, -0.2) is 37.9 Å². The fraction of sp³-hybridized carbons (Fsp3) is 0.647. The van der Waals surface area contributed by atoms with Crippen LogP contribution in [0.1, 0.15) is 57.7 Å². The highest BCUT2D eigenvalue weighted by Gasteiger charge is 2.38. The number of aryl methyl sites for hydroxylation is 1. The van der Waals surface area contributed by atoms with Crippen LogP contribution in [-0.2, 0) is 20.6 Å². The number of rotatable bonds is 7. The summed E-state index contributed by atoms with van der Waals surface area (Å²) in [5.74, 6) is -0.632. The van der Waals surface area contributed by atoms with E-state index in [1.807, 2.05) is 20.8 Å². The first-order valence-corrected chi connectivity index (χ1v) is 8.93. The summed E-state index contributed by atoms with van der Waals surface area (Å²) in [6.45, 7) is 8.76. The van der Waals surface area contributed by atoms with Gasteiger partial charge in [0, 0.05) is 23.7 Å². The highest BCUT2D eigenvalue weighted by Crippen LogP contribution is 2.38. The van der Waals surface area contributed by atoms with Crippen molar-refractivity contribution in [3.8, 4) is 0 Å². The number of hydrogen-bond acceptors (Lipinski definition) is 6. The quantitative estimate of drug-likeness (QED) is 0.562. The molecule has 0 radical (unpaired) electrons. The Hall–Kier alpha value is -1.24. The molecule has 5 nitrogen and oxygen atoms in total. The van der Waals surface area contributed by atoms with Crippen molar-refractivity contribution in [2.45, 2.75) is 46.8 Å². The van der Waals surface area contributed by atoms with Crippen LogP contribution in [0.25, 0.3) is 0 Å². The van der Waals surface area contributed by atoms with Gasteiger partial charge in [-0.3, -0.25) is 4.79 Å². The van der Waals surface area contributed by atoms with E-state index in [0.29, 0.717) is 43.1 Å². The minimum absolute atomic E-state index is 0.0162. The molecule has 0 fully saturated rings. The smallest absolute Gasteiger partial charge is 0.348 e. The van der Waals surface area contributed by atoms with Crippen LogP contribution in [0.4, 0.5) is 0 Å². The lowest BCUT2D eigenvalue weighted by atomic mass is 9.82. The predicted octanol–water partition coefficient (Wildman–Crippen LogP) is 3.38. The first-order valence-electron chi connectivity index (χ1n) is 8.11. The fourth-order valence-electron chi connectivity index (χ4n) is 3.00. The van der Waals surface area contributed by atoms with E-state index in [2.05, 4.69) is 0 Å². The standard InChI is InChI=1S/C17H24O5S/c1-5-20-16(19)15-11-8-9-12(17(21-6-2)22-7-3)14(18)13(11)10(4)23-15/h12,17H,5-9H2,1-4H3. The number of carbonyl (C=O) groups is 2. The number of Topliss-reactive ketones (excluding diaryl/α,β-unsaturated/α-hetero) is 1. The highest BCUT2D eigenvalue weighted by atomic mass is 32.1. The highest BCUT2D eigenvalue weighted by molar-refractivity contribution is 7.14. The molecule has 1 aromatic rings. The average Bonchev–Trinajstić information content (AvgIpc) is 2.86. The van der Waals surface area contributed by atoms with E-state index in [-0.39, 0.29) is 17.7 Å². The van der Waals surface area contributed by atoms with Crippen molar-refractivity contribution in [2.24, 2.45) is 5.92 Å². The van der Waals surface area contributed by atoms with Gasteiger partial charge in [0.05, 0.1) is 12.5 Å². The number of fused-ring (bicyclic) bond motifs is 1. The van der Waals surface area contributed by atoms with Crippen molar-refractivity contribution in [1.29, 1.82) is 0 Å². The molecule has 0 amide bonds. The van der Waals surface area contributed by atoms with E-state index in [9.17, 15) is 9.59 Å². The maximum absolute atomic E-state index is 12.9. The van der Waals surface area contributed by atoms with Crippen LogP contribution in [0, 0.1) is 12.8 Å².